The zero-order valence-electron chi connectivity index (χ0n) is 16.0. The largest absolute Gasteiger partial charge is 0.360 e. The Kier molecular flexibility index (Phi) is 5.74. The molecule has 2 bridgehead atoms. The number of piperidine rings is 1. The zero-order valence-corrected chi connectivity index (χ0v) is 16.8. The molecule has 0 spiro atoms. The van der Waals surface area contributed by atoms with E-state index in [9.17, 15) is 0 Å². The summed E-state index contributed by atoms with van der Waals surface area (Å²) in [6.45, 7) is 3.25. The second-order valence-corrected chi connectivity index (χ2v) is 8.27. The molecule has 0 amide bonds. The zero-order chi connectivity index (χ0) is 18.6. The van der Waals surface area contributed by atoms with E-state index in [1.807, 2.05) is 0 Å². The molecule has 0 unspecified atom stereocenters. The fourth-order valence-electron chi connectivity index (χ4n) is 4.62. The van der Waals surface area contributed by atoms with E-state index in [-0.39, 0.29) is 0 Å². The van der Waals surface area contributed by atoms with Crippen LogP contribution in [0.4, 0.5) is 5.69 Å². The minimum absolute atomic E-state index is 0.476. The first-order valence-electron chi connectivity index (χ1n) is 10.2. The van der Waals surface area contributed by atoms with E-state index in [0.717, 1.165) is 23.8 Å². The molecular formula is C23H29N3S. The summed E-state index contributed by atoms with van der Waals surface area (Å²) in [7, 11) is 0. The van der Waals surface area contributed by atoms with E-state index in [4.69, 9.17) is 12.2 Å². The Balaban J connectivity index is 1.31. The van der Waals surface area contributed by atoms with Crippen LogP contribution in [0, 0.1) is 0 Å². The number of thiocarbonyl (C=S) groups is 1. The lowest BCUT2D eigenvalue weighted by Gasteiger charge is -2.39. The number of benzene rings is 2. The number of aryl methyl sites for hydroxylation is 1. The molecule has 2 N–H and O–H groups in total. The molecule has 2 aliphatic heterocycles. The molecule has 4 rings (SSSR count). The lowest BCUT2D eigenvalue weighted by atomic mass is 9.96. The van der Waals surface area contributed by atoms with Crippen LogP contribution >= 0.6 is 12.2 Å². The van der Waals surface area contributed by atoms with E-state index < -0.39 is 0 Å². The van der Waals surface area contributed by atoms with Gasteiger partial charge in [-0.1, -0.05) is 49.4 Å². The minimum Gasteiger partial charge on any atom is -0.360 e. The van der Waals surface area contributed by atoms with Crippen LogP contribution in [0.5, 0.6) is 0 Å². The fourth-order valence-corrected chi connectivity index (χ4v) is 4.91. The summed E-state index contributed by atoms with van der Waals surface area (Å²) < 4.78 is 0. The summed E-state index contributed by atoms with van der Waals surface area (Å²) in [5.74, 6) is 0. The summed E-state index contributed by atoms with van der Waals surface area (Å²) >= 11 is 5.57. The fraction of sp³-hybridized carbons (Fsp3) is 0.435. The molecule has 2 heterocycles. The van der Waals surface area contributed by atoms with Crippen molar-refractivity contribution in [3.8, 4) is 0 Å². The van der Waals surface area contributed by atoms with Gasteiger partial charge in [-0.05, 0) is 67.6 Å². The number of rotatable bonds is 5. The van der Waals surface area contributed by atoms with E-state index in [0.29, 0.717) is 18.1 Å². The Morgan fingerprint density at radius 1 is 0.963 bits per heavy atom. The van der Waals surface area contributed by atoms with E-state index in [1.54, 1.807) is 0 Å². The van der Waals surface area contributed by atoms with Gasteiger partial charge >= 0.3 is 0 Å². The van der Waals surface area contributed by atoms with Crippen LogP contribution in [-0.4, -0.2) is 28.1 Å². The van der Waals surface area contributed by atoms with Crippen molar-refractivity contribution in [1.82, 2.24) is 10.2 Å². The van der Waals surface area contributed by atoms with Crippen LogP contribution in [0.25, 0.3) is 0 Å². The van der Waals surface area contributed by atoms with Gasteiger partial charge in [0.2, 0.25) is 0 Å². The van der Waals surface area contributed by atoms with Gasteiger partial charge in [0, 0.05) is 30.4 Å². The number of nitrogens with zero attached hydrogens (tertiary/aromatic N) is 1. The molecule has 2 atom stereocenters. The molecule has 2 aliphatic rings. The molecular weight excluding hydrogens is 350 g/mol. The first kappa shape index (κ1) is 18.5. The molecule has 2 aromatic carbocycles. The third-order valence-electron chi connectivity index (χ3n) is 6.05. The van der Waals surface area contributed by atoms with Gasteiger partial charge in [-0.2, -0.15) is 0 Å². The molecule has 0 saturated carbocycles. The van der Waals surface area contributed by atoms with Crippen molar-refractivity contribution in [3.63, 3.8) is 0 Å². The Bertz CT molecular complexity index is 745. The lowest BCUT2D eigenvalue weighted by Crippen LogP contribution is -2.50. The van der Waals surface area contributed by atoms with E-state index in [1.165, 1.54) is 36.8 Å². The van der Waals surface area contributed by atoms with Crippen LogP contribution in [0.2, 0.25) is 0 Å². The van der Waals surface area contributed by atoms with Crippen LogP contribution in [0.1, 0.15) is 43.7 Å². The molecule has 0 aromatic heterocycles. The van der Waals surface area contributed by atoms with Gasteiger partial charge in [-0.15, -0.1) is 0 Å². The molecule has 2 aromatic rings. The Labute approximate surface area is 168 Å². The van der Waals surface area contributed by atoms with Crippen LogP contribution in [0.3, 0.4) is 0 Å². The standard InChI is InChI=1S/C23H29N3S/c1-2-17-8-10-19(11-9-17)24-23(27)25-20-14-21-12-13-22(15-20)26(21)16-18-6-4-3-5-7-18/h3-11,20-22H,2,12-16H2,1H3,(H2,24,25,27)/t21-,22-/m0/s1. The molecule has 2 fully saturated rings. The van der Waals surface area contributed by atoms with Crippen molar-refractivity contribution in [2.75, 3.05) is 5.32 Å². The van der Waals surface area contributed by atoms with Crippen molar-refractivity contribution in [1.29, 1.82) is 0 Å². The third kappa shape index (κ3) is 4.50. The van der Waals surface area contributed by atoms with Crippen molar-refractivity contribution in [3.05, 3.63) is 65.7 Å². The second kappa shape index (κ2) is 8.41. The van der Waals surface area contributed by atoms with Crippen molar-refractivity contribution in [2.24, 2.45) is 0 Å². The van der Waals surface area contributed by atoms with E-state index in [2.05, 4.69) is 77.1 Å². The summed E-state index contributed by atoms with van der Waals surface area (Å²) in [4.78, 5) is 2.72. The van der Waals surface area contributed by atoms with Gasteiger partial charge < -0.3 is 10.6 Å². The summed E-state index contributed by atoms with van der Waals surface area (Å²) in [5.41, 5.74) is 3.84. The van der Waals surface area contributed by atoms with Gasteiger partial charge in [0.15, 0.2) is 5.11 Å². The van der Waals surface area contributed by atoms with Gasteiger partial charge in [0.1, 0.15) is 0 Å². The highest BCUT2D eigenvalue weighted by Gasteiger charge is 2.40. The molecule has 3 nitrogen and oxygen atoms in total. The summed E-state index contributed by atoms with van der Waals surface area (Å²) in [6, 6.07) is 21.2. The van der Waals surface area contributed by atoms with Gasteiger partial charge in [0.25, 0.3) is 0 Å². The number of anilines is 1. The average molecular weight is 380 g/mol. The van der Waals surface area contributed by atoms with Gasteiger partial charge in [-0.25, -0.2) is 0 Å². The SMILES string of the molecule is CCc1ccc(NC(=S)NC2C[C@@H]3CC[C@@H](C2)N3Cc2ccccc2)cc1. The van der Waals surface area contributed by atoms with Crippen molar-refractivity contribution < 1.29 is 0 Å². The molecule has 2 saturated heterocycles. The van der Waals surface area contributed by atoms with Crippen molar-refractivity contribution >= 4 is 23.0 Å². The number of fused-ring (bicyclic) bond motifs is 2. The quantitative estimate of drug-likeness (QED) is 0.735. The first-order valence-corrected chi connectivity index (χ1v) is 10.6. The van der Waals surface area contributed by atoms with E-state index >= 15 is 0 Å². The molecule has 27 heavy (non-hydrogen) atoms. The highest BCUT2D eigenvalue weighted by atomic mass is 32.1. The maximum Gasteiger partial charge on any atom is 0.170 e. The number of hydrogen-bond acceptors (Lipinski definition) is 2. The Hall–Kier alpha value is -1.91. The maximum absolute atomic E-state index is 5.57. The monoisotopic (exact) mass is 379 g/mol. The third-order valence-corrected chi connectivity index (χ3v) is 6.27. The molecule has 142 valence electrons. The van der Waals surface area contributed by atoms with Gasteiger partial charge in [0.05, 0.1) is 0 Å². The highest BCUT2D eigenvalue weighted by Crippen LogP contribution is 2.36. The topological polar surface area (TPSA) is 27.3 Å². The molecule has 0 aliphatic carbocycles. The summed E-state index contributed by atoms with van der Waals surface area (Å²) in [6.07, 6.45) is 6.05. The second-order valence-electron chi connectivity index (χ2n) is 7.86. The van der Waals surface area contributed by atoms with Crippen LogP contribution in [0.15, 0.2) is 54.6 Å². The normalized spacial score (nSPS) is 24.6. The highest BCUT2D eigenvalue weighted by molar-refractivity contribution is 7.80. The van der Waals surface area contributed by atoms with Gasteiger partial charge in [-0.3, -0.25) is 4.90 Å². The lowest BCUT2D eigenvalue weighted by molar-refractivity contribution is 0.115. The Morgan fingerprint density at radius 2 is 1.63 bits per heavy atom. The van der Waals surface area contributed by atoms with Crippen LogP contribution < -0.4 is 10.6 Å². The smallest absolute Gasteiger partial charge is 0.170 e. The summed E-state index contributed by atoms with van der Waals surface area (Å²) in [5, 5.41) is 7.67. The van der Waals surface area contributed by atoms with Crippen molar-refractivity contribution in [2.45, 2.75) is 63.7 Å². The first-order chi connectivity index (χ1) is 13.2. The molecule has 0 radical (unpaired) electrons. The predicted molar refractivity (Wildman–Crippen MR) is 117 cm³/mol. The minimum atomic E-state index is 0.476. The maximum atomic E-state index is 5.57. The predicted octanol–water partition coefficient (Wildman–Crippen LogP) is 4.73. The number of hydrogen-bond donors (Lipinski definition) is 2. The Morgan fingerprint density at radius 3 is 2.26 bits per heavy atom. The molecule has 4 heteroatoms. The average Bonchev–Trinajstić information content (AvgIpc) is 2.91. The number of nitrogens with one attached hydrogen (secondary N) is 2. The van der Waals surface area contributed by atoms with Crippen LogP contribution in [-0.2, 0) is 13.0 Å².